The number of hydrogen-bond acceptors (Lipinski definition) is 4. The Balaban J connectivity index is 1.71. The number of amides is 2. The summed E-state index contributed by atoms with van der Waals surface area (Å²) in [7, 11) is 0. The van der Waals surface area contributed by atoms with E-state index in [1.54, 1.807) is 12.1 Å². The van der Waals surface area contributed by atoms with Gasteiger partial charge in [-0.15, -0.1) is 0 Å². The monoisotopic (exact) mass is 340 g/mol. The molecule has 1 N–H and O–H groups in total. The van der Waals surface area contributed by atoms with Crippen LogP contribution in [0.2, 0.25) is 0 Å². The molecule has 4 rings (SSSR count). The lowest BCUT2D eigenvalue weighted by Gasteiger charge is -2.32. The Morgan fingerprint density at radius 3 is 2.76 bits per heavy atom. The van der Waals surface area contributed by atoms with Crippen molar-refractivity contribution >= 4 is 23.2 Å². The van der Waals surface area contributed by atoms with Crippen molar-refractivity contribution in [1.82, 2.24) is 0 Å². The molecule has 3 heterocycles. The van der Waals surface area contributed by atoms with Crippen LogP contribution in [0, 0.1) is 0 Å². The molecule has 2 amide bonds. The number of nitrogens with one attached hydrogen (secondary N) is 1. The van der Waals surface area contributed by atoms with E-state index in [0.29, 0.717) is 38.3 Å². The molecule has 2 aliphatic rings. The maximum absolute atomic E-state index is 13.1. The Labute approximate surface area is 145 Å². The van der Waals surface area contributed by atoms with Gasteiger partial charge in [0.05, 0.1) is 11.7 Å². The highest BCUT2D eigenvalue weighted by atomic mass is 16.5. The van der Waals surface area contributed by atoms with Gasteiger partial charge in [-0.25, -0.2) is 0 Å². The van der Waals surface area contributed by atoms with Crippen LogP contribution >= 0.6 is 0 Å². The van der Waals surface area contributed by atoms with Crippen molar-refractivity contribution in [2.75, 3.05) is 30.0 Å². The van der Waals surface area contributed by atoms with E-state index in [9.17, 15) is 9.59 Å². The fourth-order valence-corrected chi connectivity index (χ4v) is 3.83. The molecular formula is C19H20N2O4. The van der Waals surface area contributed by atoms with Crippen molar-refractivity contribution in [3.05, 3.63) is 47.9 Å². The lowest BCUT2D eigenvalue weighted by Crippen LogP contribution is -2.44. The Morgan fingerprint density at radius 2 is 2.08 bits per heavy atom. The molecule has 130 valence electrons. The van der Waals surface area contributed by atoms with Crippen LogP contribution in [0.1, 0.15) is 35.9 Å². The van der Waals surface area contributed by atoms with Crippen LogP contribution in [0.4, 0.5) is 11.4 Å². The second-order valence-corrected chi connectivity index (χ2v) is 6.41. The molecule has 0 aliphatic carbocycles. The minimum absolute atomic E-state index is 0.141. The smallest absolute Gasteiger partial charge is 0.291 e. The second kappa shape index (κ2) is 6.04. The Hall–Kier alpha value is -2.60. The van der Waals surface area contributed by atoms with Gasteiger partial charge in [0.1, 0.15) is 0 Å². The molecule has 6 heteroatoms. The Kier molecular flexibility index (Phi) is 3.84. The Morgan fingerprint density at radius 1 is 1.28 bits per heavy atom. The number of hydrogen-bond donors (Lipinski definition) is 1. The summed E-state index contributed by atoms with van der Waals surface area (Å²) >= 11 is 0. The molecule has 1 spiro atoms. The standard InChI is InChI=1S/C19H20N2O4/c1-2-21-15-6-5-13(20-17(22)16-4-3-9-25-16)12-14(15)19(18(21)23)7-10-24-11-8-19/h3-6,9,12H,2,7-8,10-11H2,1H3,(H,20,22). The predicted molar refractivity (Wildman–Crippen MR) is 92.9 cm³/mol. The number of benzene rings is 1. The third-order valence-corrected chi connectivity index (χ3v) is 5.12. The normalized spacial score (nSPS) is 18.4. The lowest BCUT2D eigenvalue weighted by atomic mass is 9.75. The number of carbonyl (C=O) groups is 2. The number of ether oxygens (including phenoxy) is 1. The topological polar surface area (TPSA) is 71.8 Å². The summed E-state index contributed by atoms with van der Waals surface area (Å²) in [6, 6.07) is 8.96. The molecule has 0 bridgehead atoms. The molecule has 25 heavy (non-hydrogen) atoms. The first-order valence-corrected chi connectivity index (χ1v) is 8.55. The van der Waals surface area contributed by atoms with Crippen LogP contribution in [0.3, 0.4) is 0 Å². The molecule has 0 saturated carbocycles. The summed E-state index contributed by atoms with van der Waals surface area (Å²) in [6.07, 6.45) is 2.81. The maximum Gasteiger partial charge on any atom is 0.291 e. The summed E-state index contributed by atoms with van der Waals surface area (Å²) in [5.41, 5.74) is 2.05. The van der Waals surface area contributed by atoms with Crippen LogP contribution in [0.25, 0.3) is 0 Å². The second-order valence-electron chi connectivity index (χ2n) is 6.41. The van der Waals surface area contributed by atoms with Gasteiger partial charge < -0.3 is 19.4 Å². The fraction of sp³-hybridized carbons (Fsp3) is 0.368. The van der Waals surface area contributed by atoms with Crippen molar-refractivity contribution in [2.45, 2.75) is 25.2 Å². The third-order valence-electron chi connectivity index (χ3n) is 5.12. The molecule has 1 aromatic heterocycles. The van der Waals surface area contributed by atoms with Crippen molar-refractivity contribution in [3.8, 4) is 0 Å². The van der Waals surface area contributed by atoms with Crippen molar-refractivity contribution in [2.24, 2.45) is 0 Å². The van der Waals surface area contributed by atoms with Crippen molar-refractivity contribution in [1.29, 1.82) is 0 Å². The number of furan rings is 1. The van der Waals surface area contributed by atoms with E-state index in [1.807, 2.05) is 30.0 Å². The molecule has 0 unspecified atom stereocenters. The molecule has 0 radical (unpaired) electrons. The first-order valence-electron chi connectivity index (χ1n) is 8.55. The Bertz CT molecular complexity index is 807. The van der Waals surface area contributed by atoms with Crippen LogP contribution in [-0.2, 0) is 14.9 Å². The highest BCUT2D eigenvalue weighted by Gasteiger charge is 2.51. The van der Waals surface area contributed by atoms with Gasteiger partial charge in [-0.1, -0.05) is 0 Å². The first-order chi connectivity index (χ1) is 12.2. The molecule has 1 fully saturated rings. The zero-order valence-electron chi connectivity index (χ0n) is 14.1. The van der Waals surface area contributed by atoms with Gasteiger partial charge >= 0.3 is 0 Å². The zero-order valence-corrected chi connectivity index (χ0v) is 14.1. The van der Waals surface area contributed by atoms with E-state index >= 15 is 0 Å². The first kappa shape index (κ1) is 15.9. The summed E-state index contributed by atoms with van der Waals surface area (Å²) < 4.78 is 10.6. The van der Waals surface area contributed by atoms with E-state index in [1.165, 1.54) is 6.26 Å². The molecule has 6 nitrogen and oxygen atoms in total. The van der Waals surface area contributed by atoms with E-state index in [0.717, 1.165) is 11.3 Å². The number of likely N-dealkylation sites (N-methyl/N-ethyl adjacent to an activating group) is 1. The van der Waals surface area contributed by atoms with Gasteiger partial charge in [-0.2, -0.15) is 0 Å². The average molecular weight is 340 g/mol. The van der Waals surface area contributed by atoms with Gasteiger partial charge in [-0.05, 0) is 55.7 Å². The molecule has 1 aromatic carbocycles. The number of fused-ring (bicyclic) bond motifs is 2. The van der Waals surface area contributed by atoms with Crippen LogP contribution < -0.4 is 10.2 Å². The molecule has 1 saturated heterocycles. The minimum atomic E-state index is -0.533. The molecule has 0 atom stereocenters. The van der Waals surface area contributed by atoms with Crippen molar-refractivity contribution in [3.63, 3.8) is 0 Å². The summed E-state index contributed by atoms with van der Waals surface area (Å²) in [4.78, 5) is 27.1. The van der Waals surface area contributed by atoms with Gasteiger partial charge in [-0.3, -0.25) is 9.59 Å². The van der Waals surface area contributed by atoms with E-state index < -0.39 is 5.41 Å². The van der Waals surface area contributed by atoms with Gasteiger partial charge in [0.2, 0.25) is 5.91 Å². The van der Waals surface area contributed by atoms with Gasteiger partial charge in [0, 0.05) is 31.1 Å². The van der Waals surface area contributed by atoms with Gasteiger partial charge in [0.25, 0.3) is 5.91 Å². The minimum Gasteiger partial charge on any atom is -0.459 e. The average Bonchev–Trinajstić information content (AvgIpc) is 3.24. The molecular weight excluding hydrogens is 320 g/mol. The molecule has 2 aliphatic heterocycles. The lowest BCUT2D eigenvalue weighted by molar-refractivity contribution is -0.126. The van der Waals surface area contributed by atoms with E-state index in [2.05, 4.69) is 5.32 Å². The van der Waals surface area contributed by atoms with Crippen LogP contribution in [0.15, 0.2) is 41.0 Å². The SMILES string of the molecule is CCN1C(=O)C2(CCOCC2)c2cc(NC(=O)c3ccco3)ccc21. The third kappa shape index (κ3) is 2.44. The molecule has 2 aromatic rings. The summed E-state index contributed by atoms with van der Waals surface area (Å²) in [6.45, 7) is 3.76. The van der Waals surface area contributed by atoms with Crippen molar-refractivity contribution < 1.29 is 18.7 Å². The largest absolute Gasteiger partial charge is 0.459 e. The van der Waals surface area contributed by atoms with E-state index in [4.69, 9.17) is 9.15 Å². The van der Waals surface area contributed by atoms with Crippen LogP contribution in [0.5, 0.6) is 0 Å². The predicted octanol–water partition coefficient (Wildman–Crippen LogP) is 2.95. The maximum atomic E-state index is 13.1. The number of anilines is 2. The number of rotatable bonds is 3. The fourth-order valence-electron chi connectivity index (χ4n) is 3.83. The summed E-state index contributed by atoms with van der Waals surface area (Å²) in [5.74, 6) is 0.0954. The highest BCUT2D eigenvalue weighted by molar-refractivity contribution is 6.09. The quantitative estimate of drug-likeness (QED) is 0.932. The number of nitrogens with zero attached hydrogens (tertiary/aromatic N) is 1. The van der Waals surface area contributed by atoms with Gasteiger partial charge in [0.15, 0.2) is 5.76 Å². The van der Waals surface area contributed by atoms with E-state index in [-0.39, 0.29) is 17.6 Å². The van der Waals surface area contributed by atoms with Crippen LogP contribution in [-0.4, -0.2) is 31.6 Å². The zero-order chi connectivity index (χ0) is 17.4. The highest BCUT2D eigenvalue weighted by Crippen LogP contribution is 2.48. The summed E-state index contributed by atoms with van der Waals surface area (Å²) in [5, 5.41) is 2.85. The number of carbonyl (C=O) groups excluding carboxylic acids is 2.